The Morgan fingerprint density at radius 3 is 2.89 bits per heavy atom. The molecule has 0 unspecified atom stereocenters. The van der Waals surface area contributed by atoms with Crippen LogP contribution in [0.25, 0.3) is 0 Å². The maximum absolute atomic E-state index is 5.59. The summed E-state index contributed by atoms with van der Waals surface area (Å²) in [6, 6.07) is 11.4. The second-order valence-corrected chi connectivity index (χ2v) is 5.02. The van der Waals surface area contributed by atoms with Crippen LogP contribution in [0.5, 0.6) is 5.88 Å². The number of pyridine rings is 1. The van der Waals surface area contributed by atoms with Crippen LogP contribution >= 0.6 is 28.1 Å². The van der Waals surface area contributed by atoms with Gasteiger partial charge in [0.05, 0.1) is 0 Å². The van der Waals surface area contributed by atoms with E-state index in [-0.39, 0.29) is 0 Å². The van der Waals surface area contributed by atoms with Crippen LogP contribution in [-0.4, -0.2) is 9.97 Å². The van der Waals surface area contributed by atoms with Crippen molar-refractivity contribution in [3.8, 4) is 5.88 Å². The average molecular weight is 323 g/mol. The molecule has 0 fully saturated rings. The van der Waals surface area contributed by atoms with Gasteiger partial charge in [0.2, 0.25) is 5.88 Å². The number of aromatic nitrogens is 1. The third-order valence-electron chi connectivity index (χ3n) is 2.30. The summed E-state index contributed by atoms with van der Waals surface area (Å²) in [6.45, 7) is 0.452. The molecule has 3 nitrogen and oxygen atoms in total. The Labute approximate surface area is 119 Å². The fourth-order valence-corrected chi connectivity index (χ4v) is 2.00. The predicted molar refractivity (Wildman–Crippen MR) is 78.6 cm³/mol. The number of hydrogen-bond donors (Lipinski definition) is 1. The molecular formula is C13H11BrN2OS. The van der Waals surface area contributed by atoms with Gasteiger partial charge in [-0.3, -0.25) is 0 Å². The Kier molecular flexibility index (Phi) is 4.28. The van der Waals surface area contributed by atoms with Crippen molar-refractivity contribution in [1.29, 1.82) is 0 Å². The quantitative estimate of drug-likeness (QED) is 0.879. The molecular weight excluding hydrogens is 312 g/mol. The fraction of sp³-hybridized carbons (Fsp3) is 0.0769. The molecule has 0 spiro atoms. The Bertz CT molecular complexity index is 574. The van der Waals surface area contributed by atoms with Crippen molar-refractivity contribution in [2.45, 2.75) is 6.61 Å². The minimum Gasteiger partial charge on any atom is -0.473 e. The van der Waals surface area contributed by atoms with Crippen molar-refractivity contribution >= 4 is 33.1 Å². The summed E-state index contributed by atoms with van der Waals surface area (Å²) in [4.78, 5) is 4.45. The molecule has 18 heavy (non-hydrogen) atoms. The normalized spacial score (nSPS) is 10.1. The van der Waals surface area contributed by atoms with Crippen molar-refractivity contribution in [2.75, 3.05) is 0 Å². The van der Waals surface area contributed by atoms with Gasteiger partial charge in [-0.05, 0) is 23.8 Å². The molecule has 1 aromatic heterocycles. The third kappa shape index (κ3) is 3.51. The summed E-state index contributed by atoms with van der Waals surface area (Å²) < 4.78 is 6.61. The molecule has 1 aromatic carbocycles. The van der Waals surface area contributed by atoms with Crippen molar-refractivity contribution in [2.24, 2.45) is 5.73 Å². The molecule has 0 saturated carbocycles. The highest BCUT2D eigenvalue weighted by molar-refractivity contribution is 9.10. The average Bonchev–Trinajstić information content (AvgIpc) is 2.37. The summed E-state index contributed by atoms with van der Waals surface area (Å²) in [5.74, 6) is 0.514. The van der Waals surface area contributed by atoms with Gasteiger partial charge in [-0.15, -0.1) is 0 Å². The summed E-state index contributed by atoms with van der Waals surface area (Å²) in [6.07, 6.45) is 1.63. The Hall–Kier alpha value is -1.46. The van der Waals surface area contributed by atoms with Crippen molar-refractivity contribution in [3.63, 3.8) is 0 Å². The molecule has 0 aliphatic heterocycles. The van der Waals surface area contributed by atoms with Crippen LogP contribution in [-0.2, 0) is 6.61 Å². The van der Waals surface area contributed by atoms with E-state index >= 15 is 0 Å². The first-order valence-electron chi connectivity index (χ1n) is 5.28. The lowest BCUT2D eigenvalue weighted by atomic mass is 10.2. The van der Waals surface area contributed by atoms with Crippen LogP contribution < -0.4 is 10.5 Å². The smallest absolute Gasteiger partial charge is 0.214 e. The number of nitrogens with zero attached hydrogens (tertiary/aromatic N) is 1. The van der Waals surface area contributed by atoms with Crippen LogP contribution in [0.2, 0.25) is 0 Å². The molecule has 2 aromatic rings. The Morgan fingerprint density at radius 1 is 1.33 bits per heavy atom. The highest BCUT2D eigenvalue weighted by Gasteiger charge is 2.01. The van der Waals surface area contributed by atoms with Gasteiger partial charge in [0.1, 0.15) is 11.6 Å². The zero-order valence-electron chi connectivity index (χ0n) is 9.47. The van der Waals surface area contributed by atoms with Gasteiger partial charge in [-0.2, -0.15) is 0 Å². The molecule has 0 atom stereocenters. The molecule has 2 N–H and O–H groups in total. The van der Waals surface area contributed by atoms with Gasteiger partial charge >= 0.3 is 0 Å². The van der Waals surface area contributed by atoms with E-state index in [4.69, 9.17) is 22.7 Å². The first-order chi connectivity index (χ1) is 8.65. The van der Waals surface area contributed by atoms with E-state index in [0.29, 0.717) is 17.5 Å². The first kappa shape index (κ1) is 13.0. The molecule has 0 saturated heterocycles. The molecule has 0 radical (unpaired) electrons. The number of nitrogens with two attached hydrogens (primary N) is 1. The zero-order valence-corrected chi connectivity index (χ0v) is 11.9. The topological polar surface area (TPSA) is 48.1 Å². The molecule has 0 amide bonds. The monoisotopic (exact) mass is 322 g/mol. The van der Waals surface area contributed by atoms with E-state index in [1.807, 2.05) is 24.3 Å². The summed E-state index contributed by atoms with van der Waals surface area (Å²) in [5, 5.41) is 0. The molecule has 5 heteroatoms. The lowest BCUT2D eigenvalue weighted by Gasteiger charge is -2.06. The van der Waals surface area contributed by atoms with E-state index < -0.39 is 0 Å². The first-order valence-corrected chi connectivity index (χ1v) is 6.48. The second kappa shape index (κ2) is 5.93. The van der Waals surface area contributed by atoms with E-state index in [2.05, 4.69) is 20.9 Å². The number of benzene rings is 1. The van der Waals surface area contributed by atoms with Crippen molar-refractivity contribution in [1.82, 2.24) is 4.98 Å². The number of thiocarbonyl (C=S) groups is 1. The molecule has 1 heterocycles. The van der Waals surface area contributed by atoms with Gasteiger partial charge in [0.15, 0.2) is 0 Å². The largest absolute Gasteiger partial charge is 0.473 e. The van der Waals surface area contributed by atoms with E-state index in [1.165, 1.54) is 0 Å². The highest BCUT2D eigenvalue weighted by atomic mass is 79.9. The number of hydrogen-bond acceptors (Lipinski definition) is 3. The minimum atomic E-state index is 0.338. The van der Waals surface area contributed by atoms with Crippen molar-refractivity contribution in [3.05, 3.63) is 58.2 Å². The van der Waals surface area contributed by atoms with Gasteiger partial charge in [0, 0.05) is 22.3 Å². The summed E-state index contributed by atoms with van der Waals surface area (Å²) in [5.41, 5.74) is 7.37. The maximum atomic E-state index is 5.59. The number of rotatable bonds is 4. The molecule has 0 bridgehead atoms. The lowest BCUT2D eigenvalue weighted by Crippen LogP contribution is -2.09. The van der Waals surface area contributed by atoms with Crippen LogP contribution in [0.3, 0.4) is 0 Å². The van der Waals surface area contributed by atoms with Crippen molar-refractivity contribution < 1.29 is 4.74 Å². The fourth-order valence-electron chi connectivity index (χ4n) is 1.43. The second-order valence-electron chi connectivity index (χ2n) is 3.67. The van der Waals surface area contributed by atoms with Gasteiger partial charge < -0.3 is 10.5 Å². The number of halogens is 1. The minimum absolute atomic E-state index is 0.338. The van der Waals surface area contributed by atoms with E-state index in [9.17, 15) is 0 Å². The van der Waals surface area contributed by atoms with Crippen LogP contribution in [0, 0.1) is 0 Å². The van der Waals surface area contributed by atoms with Crippen LogP contribution in [0.4, 0.5) is 0 Å². The van der Waals surface area contributed by atoms with Gasteiger partial charge in [0.25, 0.3) is 0 Å². The molecule has 0 aliphatic carbocycles. The van der Waals surface area contributed by atoms with Crippen LogP contribution in [0.15, 0.2) is 47.1 Å². The van der Waals surface area contributed by atoms with Crippen LogP contribution in [0.1, 0.15) is 11.1 Å². The SMILES string of the molecule is NC(=S)c1ccnc(OCc2cccc(Br)c2)c1. The Morgan fingerprint density at radius 2 is 2.17 bits per heavy atom. The molecule has 0 aliphatic rings. The maximum Gasteiger partial charge on any atom is 0.214 e. The predicted octanol–water partition coefficient (Wildman–Crippen LogP) is 3.06. The number of ether oxygens (including phenoxy) is 1. The van der Waals surface area contributed by atoms with Gasteiger partial charge in [-0.1, -0.05) is 40.3 Å². The third-order valence-corrected chi connectivity index (χ3v) is 3.02. The van der Waals surface area contributed by atoms with E-state index in [1.54, 1.807) is 18.3 Å². The zero-order chi connectivity index (χ0) is 13.0. The van der Waals surface area contributed by atoms with Gasteiger partial charge in [-0.25, -0.2) is 4.98 Å². The summed E-state index contributed by atoms with van der Waals surface area (Å²) >= 11 is 8.32. The summed E-state index contributed by atoms with van der Waals surface area (Å²) in [7, 11) is 0. The standard InChI is InChI=1S/C13H11BrN2OS/c14-11-3-1-2-9(6-11)8-17-12-7-10(13(15)18)4-5-16-12/h1-7H,8H2,(H2,15,18). The molecule has 92 valence electrons. The van der Waals surface area contributed by atoms with E-state index in [0.717, 1.165) is 15.6 Å². The highest BCUT2D eigenvalue weighted by Crippen LogP contribution is 2.15. The molecule has 2 rings (SSSR count). The Balaban J connectivity index is 2.06. The lowest BCUT2D eigenvalue weighted by molar-refractivity contribution is 0.294.